The van der Waals surface area contributed by atoms with E-state index in [9.17, 15) is 43.2 Å². The highest BCUT2D eigenvalue weighted by atomic mass is 31.2. The third-order valence-electron chi connectivity index (χ3n) is 18.6. The minimum Gasteiger partial charge on any atom is -0.462 e. The molecule has 99 heavy (non-hydrogen) atoms. The average molecular weight is 1450 g/mol. The maximum atomic E-state index is 13.1. The maximum absolute atomic E-state index is 13.1. The van der Waals surface area contributed by atoms with E-state index in [2.05, 4.69) is 55.4 Å². The first-order valence-corrected chi connectivity index (χ1v) is 44.2. The Morgan fingerprint density at radius 1 is 0.253 bits per heavy atom. The zero-order valence-corrected chi connectivity index (χ0v) is 66.9. The molecule has 0 aromatic rings. The molecule has 0 saturated heterocycles. The third-order valence-corrected chi connectivity index (χ3v) is 20.5. The molecule has 17 nitrogen and oxygen atoms in total. The second kappa shape index (κ2) is 69.1. The van der Waals surface area contributed by atoms with Crippen LogP contribution in [0.4, 0.5) is 0 Å². The number of hydrogen-bond donors (Lipinski definition) is 3. The van der Waals surface area contributed by atoms with Crippen molar-refractivity contribution in [3.05, 3.63) is 0 Å². The highest BCUT2D eigenvalue weighted by molar-refractivity contribution is 7.47. The molecule has 5 atom stereocenters. The molecule has 0 amide bonds. The molecule has 0 aliphatic heterocycles. The first kappa shape index (κ1) is 97.1. The van der Waals surface area contributed by atoms with Gasteiger partial charge in [-0.25, -0.2) is 9.13 Å². The number of rotatable bonds is 77. The van der Waals surface area contributed by atoms with Gasteiger partial charge >= 0.3 is 39.5 Å². The molecular formula is C80H156O17P2. The van der Waals surface area contributed by atoms with E-state index < -0.39 is 97.5 Å². The molecule has 588 valence electrons. The number of esters is 4. The van der Waals surface area contributed by atoms with Gasteiger partial charge in [0.2, 0.25) is 0 Å². The van der Waals surface area contributed by atoms with Crippen LogP contribution in [0.25, 0.3) is 0 Å². The minimum absolute atomic E-state index is 0.104. The first-order valence-electron chi connectivity index (χ1n) is 41.2. The summed E-state index contributed by atoms with van der Waals surface area (Å²) in [4.78, 5) is 72.9. The van der Waals surface area contributed by atoms with Gasteiger partial charge in [0.15, 0.2) is 12.2 Å². The van der Waals surface area contributed by atoms with Gasteiger partial charge in [-0.15, -0.1) is 0 Å². The van der Waals surface area contributed by atoms with Crippen LogP contribution in [0.1, 0.15) is 409 Å². The molecule has 0 radical (unpaired) electrons. The number of aliphatic hydroxyl groups excluding tert-OH is 1. The largest absolute Gasteiger partial charge is 0.472 e. The number of hydrogen-bond acceptors (Lipinski definition) is 15. The monoisotopic (exact) mass is 1450 g/mol. The van der Waals surface area contributed by atoms with Crippen LogP contribution in [0.5, 0.6) is 0 Å². The van der Waals surface area contributed by atoms with Crippen LogP contribution in [0, 0.1) is 23.7 Å². The number of aliphatic hydroxyl groups is 1. The van der Waals surface area contributed by atoms with E-state index >= 15 is 0 Å². The molecule has 0 bridgehead atoms. The van der Waals surface area contributed by atoms with Crippen LogP contribution in [-0.4, -0.2) is 96.7 Å². The van der Waals surface area contributed by atoms with Crippen LogP contribution in [0.15, 0.2) is 0 Å². The Bertz CT molecular complexity index is 1940. The number of unbranched alkanes of at least 4 members (excludes halogenated alkanes) is 43. The zero-order chi connectivity index (χ0) is 73.1. The Kier molecular flexibility index (Phi) is 67.8. The predicted octanol–water partition coefficient (Wildman–Crippen LogP) is 23.6. The van der Waals surface area contributed by atoms with E-state index in [1.165, 1.54) is 205 Å². The van der Waals surface area contributed by atoms with E-state index in [4.69, 9.17) is 37.0 Å². The van der Waals surface area contributed by atoms with Crippen molar-refractivity contribution in [3.63, 3.8) is 0 Å². The summed E-state index contributed by atoms with van der Waals surface area (Å²) in [6.45, 7) is 14.2. The average Bonchev–Trinajstić information content (AvgIpc) is 0.943. The normalized spacial score (nSPS) is 14.1. The van der Waals surface area contributed by atoms with Gasteiger partial charge in [0.25, 0.3) is 0 Å². The summed E-state index contributed by atoms with van der Waals surface area (Å²) in [6.07, 6.45) is 55.8. The molecule has 0 fully saturated rings. The fraction of sp³-hybridized carbons (Fsp3) is 0.950. The Labute approximate surface area is 607 Å². The molecule has 0 aliphatic carbocycles. The summed E-state index contributed by atoms with van der Waals surface area (Å²) >= 11 is 0. The molecule has 19 heteroatoms. The number of phosphoric ester groups is 2. The lowest BCUT2D eigenvalue weighted by molar-refractivity contribution is -0.161. The molecule has 0 heterocycles. The van der Waals surface area contributed by atoms with E-state index in [0.29, 0.717) is 31.6 Å². The van der Waals surface area contributed by atoms with Crippen LogP contribution in [-0.2, 0) is 65.4 Å². The maximum Gasteiger partial charge on any atom is 0.472 e. The fourth-order valence-electron chi connectivity index (χ4n) is 12.3. The molecule has 0 spiro atoms. The number of carbonyl (C=O) groups excluding carboxylic acids is 4. The first-order chi connectivity index (χ1) is 47.6. The van der Waals surface area contributed by atoms with Crippen molar-refractivity contribution in [1.82, 2.24) is 0 Å². The lowest BCUT2D eigenvalue weighted by atomic mass is 10.0. The van der Waals surface area contributed by atoms with Crippen molar-refractivity contribution in [1.29, 1.82) is 0 Å². The second-order valence-corrected chi connectivity index (χ2v) is 33.6. The summed E-state index contributed by atoms with van der Waals surface area (Å²) in [5, 5.41) is 10.6. The van der Waals surface area contributed by atoms with Gasteiger partial charge in [0.05, 0.1) is 26.4 Å². The molecule has 0 rings (SSSR count). The Hall–Kier alpha value is -1.94. The molecule has 0 aliphatic rings. The van der Waals surface area contributed by atoms with Gasteiger partial charge in [-0.2, -0.15) is 0 Å². The van der Waals surface area contributed by atoms with Crippen LogP contribution in [0.3, 0.4) is 0 Å². The summed E-state index contributed by atoms with van der Waals surface area (Å²) in [5.41, 5.74) is 0. The molecule has 0 saturated carbocycles. The molecular weight excluding hydrogens is 1290 g/mol. The van der Waals surface area contributed by atoms with Crippen molar-refractivity contribution in [3.8, 4) is 0 Å². The summed E-state index contributed by atoms with van der Waals surface area (Å²) in [7, 11) is -9.92. The lowest BCUT2D eigenvalue weighted by Crippen LogP contribution is -2.30. The molecule has 3 N–H and O–H groups in total. The van der Waals surface area contributed by atoms with Gasteiger partial charge in [-0.05, 0) is 49.4 Å². The number of carbonyl (C=O) groups is 4. The van der Waals surface area contributed by atoms with Crippen molar-refractivity contribution in [2.75, 3.05) is 39.6 Å². The van der Waals surface area contributed by atoms with Crippen molar-refractivity contribution >= 4 is 39.5 Å². The Balaban J connectivity index is 5.17. The molecule has 3 unspecified atom stereocenters. The second-order valence-electron chi connectivity index (χ2n) is 30.7. The molecule has 0 aromatic heterocycles. The summed E-state index contributed by atoms with van der Waals surface area (Å²) in [5.74, 6) is 0.924. The van der Waals surface area contributed by atoms with Gasteiger partial charge in [-0.1, -0.05) is 357 Å². The minimum atomic E-state index is -4.96. The number of phosphoric acid groups is 2. The predicted molar refractivity (Wildman–Crippen MR) is 404 cm³/mol. The third kappa shape index (κ3) is 74.1. The van der Waals surface area contributed by atoms with Crippen molar-refractivity contribution in [2.24, 2.45) is 23.7 Å². The van der Waals surface area contributed by atoms with E-state index in [0.717, 1.165) is 114 Å². The lowest BCUT2D eigenvalue weighted by Gasteiger charge is -2.21. The van der Waals surface area contributed by atoms with Gasteiger partial charge < -0.3 is 33.8 Å². The van der Waals surface area contributed by atoms with Gasteiger partial charge in [0, 0.05) is 25.7 Å². The van der Waals surface area contributed by atoms with Crippen LogP contribution in [0.2, 0.25) is 0 Å². The van der Waals surface area contributed by atoms with E-state index in [1.807, 2.05) is 0 Å². The quantitative estimate of drug-likeness (QED) is 0.0222. The fourth-order valence-corrected chi connectivity index (χ4v) is 13.8. The van der Waals surface area contributed by atoms with E-state index in [-0.39, 0.29) is 25.7 Å². The molecule has 0 aromatic carbocycles. The van der Waals surface area contributed by atoms with Gasteiger partial charge in [0.1, 0.15) is 19.3 Å². The summed E-state index contributed by atoms with van der Waals surface area (Å²) < 4.78 is 68.6. The van der Waals surface area contributed by atoms with Gasteiger partial charge in [-0.3, -0.25) is 37.3 Å². The SMILES string of the molecule is CC(C)CCCCCCCCCCCCCCCCCCCCC(=O)O[C@H](COC(=O)CCCCCCCCCC(C)C)COP(=O)(O)OCC(O)COP(=O)(O)OC[C@@H](COC(=O)CCCCCCCCCCCCCCCCC(C)C)OC(=O)CCCCCCCCCCC(C)C. The van der Waals surface area contributed by atoms with Crippen LogP contribution >= 0.6 is 15.6 Å². The Morgan fingerprint density at radius 2 is 0.424 bits per heavy atom. The highest BCUT2D eigenvalue weighted by Gasteiger charge is 2.30. The van der Waals surface area contributed by atoms with Crippen molar-refractivity contribution < 1.29 is 80.2 Å². The standard InChI is InChI=1S/C80H156O17P2/c1-70(2)56-48-40-32-25-21-17-13-11-9-10-12-14-20-24-28-37-46-54-62-79(84)96-76(67-91-78(83)61-53-45-39-31-35-43-51-59-73(7)8)69-95-99(88,89)93-65-74(81)64-92-98(86,87)94-68-75(97-80(85)63-55-47-38-30-29-34-42-50-58-72(5)6)66-90-77(82)60-52-44-36-27-23-19-16-15-18-22-26-33-41-49-57-71(3)4/h70-76,81H,9-69H2,1-8H3,(H,86,87)(H,88,89)/t74?,75-,76-/m1/s1. The smallest absolute Gasteiger partial charge is 0.462 e. The zero-order valence-electron chi connectivity index (χ0n) is 65.1. The van der Waals surface area contributed by atoms with Crippen molar-refractivity contribution in [2.45, 2.75) is 427 Å². The summed E-state index contributed by atoms with van der Waals surface area (Å²) in [6, 6.07) is 0. The Morgan fingerprint density at radius 3 is 0.626 bits per heavy atom. The highest BCUT2D eigenvalue weighted by Crippen LogP contribution is 2.45. The number of ether oxygens (including phenoxy) is 4. The topological polar surface area (TPSA) is 237 Å². The van der Waals surface area contributed by atoms with E-state index in [1.54, 1.807) is 0 Å². The van der Waals surface area contributed by atoms with Crippen LogP contribution < -0.4 is 0 Å².